The van der Waals surface area contributed by atoms with E-state index >= 15 is 0 Å². The average Bonchev–Trinajstić information content (AvgIpc) is 2.76. The standard InChI is InChI=1S/C17H17F2N3/c1-10-20-8-12-16(21-10)7-11-5-6-17(12)22(11)9-13-14(18)3-2-4-15(13)19/h2-4,8,11,17H,5-7,9H2,1H3/t11-,17-/m1/s1. The first-order chi connectivity index (χ1) is 10.6. The van der Waals surface area contributed by atoms with Crippen LogP contribution in [0.5, 0.6) is 0 Å². The lowest BCUT2D eigenvalue weighted by Gasteiger charge is -2.35. The van der Waals surface area contributed by atoms with Crippen molar-refractivity contribution in [2.45, 2.75) is 44.8 Å². The molecule has 3 heterocycles. The van der Waals surface area contributed by atoms with Crippen LogP contribution in [0.4, 0.5) is 8.78 Å². The van der Waals surface area contributed by atoms with E-state index in [9.17, 15) is 8.78 Å². The molecule has 2 aromatic rings. The highest BCUT2D eigenvalue weighted by molar-refractivity contribution is 5.30. The number of aromatic nitrogens is 2. The number of halogens is 2. The van der Waals surface area contributed by atoms with Crippen LogP contribution >= 0.6 is 0 Å². The zero-order valence-electron chi connectivity index (χ0n) is 12.4. The molecule has 2 bridgehead atoms. The fraction of sp³-hybridized carbons (Fsp3) is 0.412. The Balaban J connectivity index is 1.69. The molecule has 1 aromatic carbocycles. The highest BCUT2D eigenvalue weighted by Crippen LogP contribution is 2.43. The van der Waals surface area contributed by atoms with E-state index in [1.54, 1.807) is 0 Å². The van der Waals surface area contributed by atoms with Gasteiger partial charge >= 0.3 is 0 Å². The third-order valence-corrected chi connectivity index (χ3v) is 4.85. The molecule has 1 saturated heterocycles. The normalized spacial score (nSPS) is 23.6. The Labute approximate surface area is 128 Å². The van der Waals surface area contributed by atoms with Crippen molar-refractivity contribution in [3.8, 4) is 0 Å². The van der Waals surface area contributed by atoms with Gasteiger partial charge in [-0.15, -0.1) is 0 Å². The predicted molar refractivity (Wildman–Crippen MR) is 78.1 cm³/mol. The van der Waals surface area contributed by atoms with Gasteiger partial charge in [0, 0.05) is 42.4 Å². The number of nitrogens with zero attached hydrogens (tertiary/aromatic N) is 3. The number of hydrogen-bond donors (Lipinski definition) is 0. The smallest absolute Gasteiger partial charge is 0.130 e. The zero-order valence-corrected chi connectivity index (χ0v) is 12.4. The molecule has 2 atom stereocenters. The molecule has 114 valence electrons. The summed E-state index contributed by atoms with van der Waals surface area (Å²) in [6.07, 6.45) is 4.76. The highest BCUT2D eigenvalue weighted by Gasteiger charge is 2.41. The molecule has 0 N–H and O–H groups in total. The summed E-state index contributed by atoms with van der Waals surface area (Å²) < 4.78 is 27.9. The van der Waals surface area contributed by atoms with Crippen LogP contribution in [0.15, 0.2) is 24.4 Å². The number of aryl methyl sites for hydroxylation is 1. The van der Waals surface area contributed by atoms with Crippen molar-refractivity contribution in [2.75, 3.05) is 0 Å². The monoisotopic (exact) mass is 301 g/mol. The first-order valence-electron chi connectivity index (χ1n) is 7.64. The third-order valence-electron chi connectivity index (χ3n) is 4.85. The molecular formula is C17H17F2N3. The summed E-state index contributed by atoms with van der Waals surface area (Å²) in [7, 11) is 0. The number of hydrogen-bond acceptors (Lipinski definition) is 3. The van der Waals surface area contributed by atoms with E-state index in [0.29, 0.717) is 12.6 Å². The lowest BCUT2D eigenvalue weighted by Crippen LogP contribution is -2.38. The first kappa shape index (κ1) is 13.8. The minimum Gasteiger partial charge on any atom is -0.288 e. The van der Waals surface area contributed by atoms with Gasteiger partial charge in [0.25, 0.3) is 0 Å². The van der Waals surface area contributed by atoms with Gasteiger partial charge in [-0.3, -0.25) is 4.90 Å². The van der Waals surface area contributed by atoms with Crippen LogP contribution in [0.3, 0.4) is 0 Å². The fourth-order valence-corrected chi connectivity index (χ4v) is 3.79. The summed E-state index contributed by atoms with van der Waals surface area (Å²) in [5, 5.41) is 0. The van der Waals surface area contributed by atoms with Gasteiger partial charge in [-0.05, 0) is 31.9 Å². The van der Waals surface area contributed by atoms with E-state index < -0.39 is 11.6 Å². The second-order valence-electron chi connectivity index (χ2n) is 6.14. The van der Waals surface area contributed by atoms with E-state index in [4.69, 9.17) is 0 Å². The molecule has 0 radical (unpaired) electrons. The Morgan fingerprint density at radius 2 is 2.00 bits per heavy atom. The lowest BCUT2D eigenvalue weighted by molar-refractivity contribution is 0.161. The molecule has 0 spiro atoms. The molecule has 0 aliphatic carbocycles. The summed E-state index contributed by atoms with van der Waals surface area (Å²) in [6.45, 7) is 2.20. The molecule has 4 rings (SSSR count). The van der Waals surface area contributed by atoms with Gasteiger partial charge in [-0.1, -0.05) is 6.07 Å². The van der Waals surface area contributed by atoms with Crippen LogP contribution < -0.4 is 0 Å². The molecule has 2 aliphatic heterocycles. The Hall–Kier alpha value is -1.88. The minimum atomic E-state index is -0.467. The first-order valence-corrected chi connectivity index (χ1v) is 7.64. The second kappa shape index (κ2) is 5.09. The van der Waals surface area contributed by atoms with Gasteiger partial charge in [-0.25, -0.2) is 18.7 Å². The Bertz CT molecular complexity index is 712. The number of rotatable bonds is 2. The molecule has 0 amide bonds. The van der Waals surface area contributed by atoms with E-state index in [1.807, 2.05) is 13.1 Å². The van der Waals surface area contributed by atoms with Crippen LogP contribution in [0.2, 0.25) is 0 Å². The molecular weight excluding hydrogens is 284 g/mol. The maximum absolute atomic E-state index is 13.9. The molecule has 5 heteroatoms. The topological polar surface area (TPSA) is 29.0 Å². The van der Waals surface area contributed by atoms with Crippen molar-refractivity contribution < 1.29 is 8.78 Å². The van der Waals surface area contributed by atoms with Gasteiger partial charge < -0.3 is 0 Å². The second-order valence-corrected chi connectivity index (χ2v) is 6.14. The maximum Gasteiger partial charge on any atom is 0.130 e. The van der Waals surface area contributed by atoms with Crippen LogP contribution in [0.25, 0.3) is 0 Å². The third kappa shape index (κ3) is 2.11. The van der Waals surface area contributed by atoms with Crippen molar-refractivity contribution in [3.63, 3.8) is 0 Å². The Morgan fingerprint density at radius 3 is 2.77 bits per heavy atom. The van der Waals surface area contributed by atoms with Crippen molar-refractivity contribution in [3.05, 3.63) is 58.7 Å². The molecule has 0 unspecified atom stereocenters. The van der Waals surface area contributed by atoms with E-state index in [2.05, 4.69) is 14.9 Å². The van der Waals surface area contributed by atoms with Crippen LogP contribution in [0, 0.1) is 18.6 Å². The van der Waals surface area contributed by atoms with Gasteiger partial charge in [0.1, 0.15) is 17.5 Å². The predicted octanol–water partition coefficient (Wildman–Crippen LogP) is 3.33. The highest BCUT2D eigenvalue weighted by atomic mass is 19.1. The van der Waals surface area contributed by atoms with Crippen molar-refractivity contribution in [2.24, 2.45) is 0 Å². The number of benzene rings is 1. The summed E-state index contributed by atoms with van der Waals surface area (Å²) in [6, 6.07) is 4.54. The quantitative estimate of drug-likeness (QED) is 0.852. The largest absolute Gasteiger partial charge is 0.288 e. The maximum atomic E-state index is 13.9. The fourth-order valence-electron chi connectivity index (χ4n) is 3.79. The summed E-state index contributed by atoms with van der Waals surface area (Å²) in [4.78, 5) is 11.1. The average molecular weight is 301 g/mol. The SMILES string of the molecule is Cc1ncc2c(n1)C[C@H]1CC[C@H]2N1Cc1c(F)cccc1F. The van der Waals surface area contributed by atoms with Crippen LogP contribution in [-0.2, 0) is 13.0 Å². The van der Waals surface area contributed by atoms with Gasteiger partial charge in [0.05, 0.1) is 5.69 Å². The van der Waals surface area contributed by atoms with Gasteiger partial charge in [0.15, 0.2) is 0 Å². The van der Waals surface area contributed by atoms with Crippen molar-refractivity contribution in [1.82, 2.24) is 14.9 Å². The van der Waals surface area contributed by atoms with Crippen molar-refractivity contribution in [1.29, 1.82) is 0 Å². The Morgan fingerprint density at radius 1 is 1.23 bits per heavy atom. The molecule has 22 heavy (non-hydrogen) atoms. The van der Waals surface area contributed by atoms with E-state index in [0.717, 1.165) is 36.3 Å². The molecule has 0 saturated carbocycles. The minimum absolute atomic E-state index is 0.163. The Kier molecular flexibility index (Phi) is 3.18. The van der Waals surface area contributed by atoms with Crippen molar-refractivity contribution >= 4 is 0 Å². The summed E-state index contributed by atoms with van der Waals surface area (Å²) in [5.74, 6) is -0.151. The molecule has 3 nitrogen and oxygen atoms in total. The zero-order chi connectivity index (χ0) is 15.3. The molecule has 2 aliphatic rings. The summed E-state index contributed by atoms with van der Waals surface area (Å²) >= 11 is 0. The van der Waals surface area contributed by atoms with Crippen LogP contribution in [-0.4, -0.2) is 20.9 Å². The van der Waals surface area contributed by atoms with E-state index in [1.165, 1.54) is 18.2 Å². The lowest BCUT2D eigenvalue weighted by atomic mass is 9.98. The van der Waals surface area contributed by atoms with Gasteiger partial charge in [-0.2, -0.15) is 0 Å². The summed E-state index contributed by atoms with van der Waals surface area (Å²) in [5.41, 5.74) is 2.39. The van der Waals surface area contributed by atoms with Gasteiger partial charge in [0.2, 0.25) is 0 Å². The molecule has 1 fully saturated rings. The van der Waals surface area contributed by atoms with E-state index in [-0.39, 0.29) is 11.6 Å². The molecule has 1 aromatic heterocycles. The van der Waals surface area contributed by atoms with Crippen LogP contribution in [0.1, 0.15) is 41.5 Å². The number of fused-ring (bicyclic) bond motifs is 4.